The summed E-state index contributed by atoms with van der Waals surface area (Å²) in [5.74, 6) is -1.88. The molecule has 0 bridgehead atoms. The Balaban J connectivity index is 2.14. The van der Waals surface area contributed by atoms with Gasteiger partial charge in [-0.2, -0.15) is 0 Å². The van der Waals surface area contributed by atoms with Crippen LogP contribution in [0.2, 0.25) is 0 Å². The molecule has 0 saturated heterocycles. The Hall–Kier alpha value is -2.37. The molecule has 20 heavy (non-hydrogen) atoms. The van der Waals surface area contributed by atoms with E-state index >= 15 is 0 Å². The van der Waals surface area contributed by atoms with Crippen molar-refractivity contribution in [2.45, 2.75) is 25.7 Å². The number of nitro benzene ring substituents is 1. The molecule has 6 heteroatoms. The maximum absolute atomic E-state index is 12.0. The van der Waals surface area contributed by atoms with Crippen molar-refractivity contribution in [3.05, 3.63) is 39.9 Å². The van der Waals surface area contributed by atoms with Crippen molar-refractivity contribution in [1.29, 1.82) is 0 Å². The maximum Gasteiger partial charge on any atom is 0.280 e. The summed E-state index contributed by atoms with van der Waals surface area (Å²) in [4.78, 5) is 45.6. The molecule has 0 aromatic heterocycles. The largest absolute Gasteiger partial charge is 0.299 e. The van der Waals surface area contributed by atoms with Crippen LogP contribution in [0.15, 0.2) is 24.3 Å². The average molecular weight is 275 g/mol. The summed E-state index contributed by atoms with van der Waals surface area (Å²) < 4.78 is 0. The van der Waals surface area contributed by atoms with E-state index in [0.717, 1.165) is 0 Å². The normalized spacial score (nSPS) is 18.0. The number of carbonyl (C=O) groups is 3. The first-order valence-corrected chi connectivity index (χ1v) is 6.32. The summed E-state index contributed by atoms with van der Waals surface area (Å²) in [6.45, 7) is 0. The Bertz CT molecular complexity index is 593. The van der Waals surface area contributed by atoms with Crippen LogP contribution < -0.4 is 0 Å². The highest BCUT2D eigenvalue weighted by Gasteiger charge is 2.32. The summed E-state index contributed by atoms with van der Waals surface area (Å²) in [7, 11) is 0. The van der Waals surface area contributed by atoms with Gasteiger partial charge in [0.05, 0.1) is 22.8 Å². The minimum atomic E-state index is -0.707. The second-order valence-electron chi connectivity index (χ2n) is 4.75. The number of benzene rings is 1. The van der Waals surface area contributed by atoms with Gasteiger partial charge in [-0.1, -0.05) is 12.1 Å². The molecule has 1 aromatic rings. The van der Waals surface area contributed by atoms with Crippen LogP contribution in [0.1, 0.15) is 36.0 Å². The lowest BCUT2D eigenvalue weighted by Gasteiger charge is -2.06. The van der Waals surface area contributed by atoms with Crippen LogP contribution in [0.3, 0.4) is 0 Å². The monoisotopic (exact) mass is 275 g/mol. The summed E-state index contributed by atoms with van der Waals surface area (Å²) in [6, 6.07) is 5.51. The molecule has 2 rings (SSSR count). The molecule has 1 aliphatic carbocycles. The molecule has 1 aliphatic rings. The first-order valence-electron chi connectivity index (χ1n) is 6.32. The van der Waals surface area contributed by atoms with Crippen LogP contribution in [0, 0.1) is 16.0 Å². The Morgan fingerprint density at radius 2 is 2.00 bits per heavy atom. The number of para-hydroxylation sites is 1. The predicted octanol–water partition coefficient (Wildman–Crippen LogP) is 2.11. The molecule has 104 valence electrons. The SMILES string of the molecule is O=C(CC(=O)C1CCCC1=O)c1ccccc1[N+](=O)[O-]. The lowest BCUT2D eigenvalue weighted by Crippen LogP contribution is -2.21. The van der Waals surface area contributed by atoms with Gasteiger partial charge >= 0.3 is 0 Å². The lowest BCUT2D eigenvalue weighted by atomic mass is 9.95. The van der Waals surface area contributed by atoms with E-state index in [1.54, 1.807) is 0 Å². The summed E-state index contributed by atoms with van der Waals surface area (Å²) in [6.07, 6.45) is 1.05. The number of Topliss-reactive ketones (excluding diaryl/α,β-unsaturated/α-hetero) is 3. The molecule has 0 amide bonds. The molecule has 1 unspecified atom stereocenters. The van der Waals surface area contributed by atoms with Crippen molar-refractivity contribution in [3.63, 3.8) is 0 Å². The van der Waals surface area contributed by atoms with Gasteiger partial charge in [-0.3, -0.25) is 24.5 Å². The van der Waals surface area contributed by atoms with Crippen LogP contribution in [-0.4, -0.2) is 22.3 Å². The van der Waals surface area contributed by atoms with Gasteiger partial charge in [0.2, 0.25) is 0 Å². The van der Waals surface area contributed by atoms with Crippen molar-refractivity contribution in [1.82, 2.24) is 0 Å². The van der Waals surface area contributed by atoms with Gasteiger partial charge in [0.25, 0.3) is 5.69 Å². The highest BCUT2D eigenvalue weighted by atomic mass is 16.6. The van der Waals surface area contributed by atoms with E-state index in [0.29, 0.717) is 19.3 Å². The minimum absolute atomic E-state index is 0.0868. The number of hydrogen-bond donors (Lipinski definition) is 0. The number of ketones is 3. The third kappa shape index (κ3) is 2.79. The summed E-state index contributed by atoms with van der Waals surface area (Å²) in [5.41, 5.74) is -0.403. The van der Waals surface area contributed by atoms with E-state index in [-0.39, 0.29) is 17.0 Å². The van der Waals surface area contributed by atoms with Crippen LogP contribution in [0.5, 0.6) is 0 Å². The fraction of sp³-hybridized carbons (Fsp3) is 0.357. The van der Waals surface area contributed by atoms with E-state index in [2.05, 4.69) is 0 Å². The second kappa shape index (κ2) is 5.73. The molecule has 1 saturated carbocycles. The smallest absolute Gasteiger partial charge is 0.280 e. The van der Waals surface area contributed by atoms with Gasteiger partial charge in [0.1, 0.15) is 5.78 Å². The fourth-order valence-electron chi connectivity index (χ4n) is 2.40. The van der Waals surface area contributed by atoms with Crippen LogP contribution in [-0.2, 0) is 9.59 Å². The molecule has 0 N–H and O–H groups in total. The van der Waals surface area contributed by atoms with Gasteiger partial charge < -0.3 is 0 Å². The van der Waals surface area contributed by atoms with Crippen molar-refractivity contribution < 1.29 is 19.3 Å². The third-order valence-corrected chi connectivity index (χ3v) is 3.43. The maximum atomic E-state index is 12.0. The lowest BCUT2D eigenvalue weighted by molar-refractivity contribution is -0.385. The van der Waals surface area contributed by atoms with Gasteiger partial charge in [-0.25, -0.2) is 0 Å². The molecule has 6 nitrogen and oxygen atoms in total. The highest BCUT2D eigenvalue weighted by molar-refractivity contribution is 6.15. The van der Waals surface area contributed by atoms with E-state index < -0.39 is 28.8 Å². The van der Waals surface area contributed by atoms with E-state index in [4.69, 9.17) is 0 Å². The van der Waals surface area contributed by atoms with Crippen molar-refractivity contribution >= 4 is 23.0 Å². The Labute approximate surface area is 114 Å². The zero-order chi connectivity index (χ0) is 14.7. The van der Waals surface area contributed by atoms with E-state index in [1.165, 1.54) is 24.3 Å². The van der Waals surface area contributed by atoms with Gasteiger partial charge in [0, 0.05) is 12.5 Å². The van der Waals surface area contributed by atoms with Crippen molar-refractivity contribution in [2.24, 2.45) is 5.92 Å². The number of nitrogens with zero attached hydrogens (tertiary/aromatic N) is 1. The van der Waals surface area contributed by atoms with Crippen LogP contribution >= 0.6 is 0 Å². The number of hydrogen-bond acceptors (Lipinski definition) is 5. The number of carbonyl (C=O) groups excluding carboxylic acids is 3. The summed E-state index contributed by atoms with van der Waals surface area (Å²) >= 11 is 0. The molecular formula is C14H13NO5. The Kier molecular flexibility index (Phi) is 4.02. The summed E-state index contributed by atoms with van der Waals surface area (Å²) in [5, 5.41) is 10.8. The molecule has 1 fully saturated rings. The first kappa shape index (κ1) is 14.0. The molecular weight excluding hydrogens is 262 g/mol. The molecule has 0 heterocycles. The molecule has 1 atom stereocenters. The number of nitro groups is 1. The average Bonchev–Trinajstić information content (AvgIpc) is 2.85. The third-order valence-electron chi connectivity index (χ3n) is 3.43. The van der Waals surface area contributed by atoms with Crippen molar-refractivity contribution in [3.8, 4) is 0 Å². The second-order valence-corrected chi connectivity index (χ2v) is 4.75. The molecule has 1 aromatic carbocycles. The fourth-order valence-corrected chi connectivity index (χ4v) is 2.40. The molecule has 0 aliphatic heterocycles. The Morgan fingerprint density at radius 1 is 1.30 bits per heavy atom. The van der Waals surface area contributed by atoms with Gasteiger partial charge in [0.15, 0.2) is 11.6 Å². The predicted molar refractivity (Wildman–Crippen MR) is 69.4 cm³/mol. The topological polar surface area (TPSA) is 94.3 Å². The standard InChI is InChI=1S/C14H13NO5/c16-12-7-3-5-10(12)14(18)8-13(17)9-4-1-2-6-11(9)15(19)20/h1-2,4,6,10H,3,5,7-8H2. The minimum Gasteiger partial charge on any atom is -0.299 e. The van der Waals surface area contributed by atoms with Crippen LogP contribution in [0.4, 0.5) is 5.69 Å². The quantitative estimate of drug-likeness (QED) is 0.355. The van der Waals surface area contributed by atoms with Crippen LogP contribution in [0.25, 0.3) is 0 Å². The zero-order valence-electron chi connectivity index (χ0n) is 10.7. The molecule has 0 spiro atoms. The Morgan fingerprint density at radius 3 is 2.60 bits per heavy atom. The first-order chi connectivity index (χ1) is 9.50. The van der Waals surface area contributed by atoms with Crippen molar-refractivity contribution in [2.75, 3.05) is 0 Å². The van der Waals surface area contributed by atoms with E-state index in [9.17, 15) is 24.5 Å². The number of rotatable bonds is 5. The van der Waals surface area contributed by atoms with Gasteiger partial charge in [-0.05, 0) is 18.9 Å². The van der Waals surface area contributed by atoms with E-state index in [1.807, 2.05) is 0 Å². The van der Waals surface area contributed by atoms with Gasteiger partial charge in [-0.15, -0.1) is 0 Å². The zero-order valence-corrected chi connectivity index (χ0v) is 10.7. The molecule has 0 radical (unpaired) electrons. The highest BCUT2D eigenvalue weighted by Crippen LogP contribution is 2.25.